The van der Waals surface area contributed by atoms with Crippen molar-refractivity contribution in [3.05, 3.63) is 59.9 Å². The van der Waals surface area contributed by atoms with E-state index in [2.05, 4.69) is 0 Å². The van der Waals surface area contributed by atoms with Crippen LogP contribution in [0.1, 0.15) is 31.2 Å². The Kier molecular flexibility index (Phi) is 3.11. The summed E-state index contributed by atoms with van der Waals surface area (Å²) in [5.74, 6) is -0.234. The molecule has 1 nitrogen and oxygen atoms in total. The molecule has 0 bridgehead atoms. The van der Waals surface area contributed by atoms with Crippen molar-refractivity contribution < 1.29 is 9.50 Å². The van der Waals surface area contributed by atoms with Gasteiger partial charge in [-0.05, 0) is 47.7 Å². The molecule has 2 aromatic carbocycles. The van der Waals surface area contributed by atoms with E-state index in [0.29, 0.717) is 0 Å². The number of rotatable bonds is 2. The number of aliphatic hydroxyl groups is 1. The summed E-state index contributed by atoms with van der Waals surface area (Å²) >= 11 is 0. The van der Waals surface area contributed by atoms with Crippen molar-refractivity contribution in [1.29, 1.82) is 0 Å². The number of benzene rings is 2. The summed E-state index contributed by atoms with van der Waals surface area (Å²) in [4.78, 5) is 0. The first-order chi connectivity index (χ1) is 9.17. The lowest BCUT2D eigenvalue weighted by molar-refractivity contribution is 0.0445. The van der Waals surface area contributed by atoms with E-state index >= 15 is 0 Å². The molecule has 0 radical (unpaired) electrons. The van der Waals surface area contributed by atoms with Crippen LogP contribution in [0.25, 0.3) is 11.1 Å². The van der Waals surface area contributed by atoms with Crippen molar-refractivity contribution in [2.24, 2.45) is 0 Å². The van der Waals surface area contributed by atoms with Crippen LogP contribution in [-0.2, 0) is 5.60 Å². The Hall–Kier alpha value is -1.67. The average molecular weight is 256 g/mol. The molecule has 3 rings (SSSR count). The molecule has 2 aromatic rings. The second kappa shape index (κ2) is 4.78. The topological polar surface area (TPSA) is 20.2 Å². The Bertz CT molecular complexity index is 585. The van der Waals surface area contributed by atoms with Gasteiger partial charge in [-0.3, -0.25) is 0 Å². The van der Waals surface area contributed by atoms with E-state index in [1.165, 1.54) is 12.1 Å². The Morgan fingerprint density at radius 3 is 2.21 bits per heavy atom. The standard InChI is InChI=1S/C17H17FO/c18-16-8-4-6-14(12-16)13-5-3-7-15(11-13)17(19)9-1-2-10-17/h3-8,11-12,19H,1-2,9-10H2. The van der Waals surface area contributed by atoms with Gasteiger partial charge in [-0.15, -0.1) is 0 Å². The van der Waals surface area contributed by atoms with Crippen molar-refractivity contribution in [2.45, 2.75) is 31.3 Å². The van der Waals surface area contributed by atoms with Gasteiger partial charge >= 0.3 is 0 Å². The van der Waals surface area contributed by atoms with Gasteiger partial charge in [-0.1, -0.05) is 43.2 Å². The lowest BCUT2D eigenvalue weighted by atomic mass is 9.90. The summed E-state index contributed by atoms with van der Waals surface area (Å²) in [5, 5.41) is 10.6. The molecular formula is C17H17FO. The quantitative estimate of drug-likeness (QED) is 0.851. The predicted octanol–water partition coefficient (Wildman–Crippen LogP) is 4.25. The predicted molar refractivity (Wildman–Crippen MR) is 74.2 cm³/mol. The van der Waals surface area contributed by atoms with Crippen LogP contribution in [0.2, 0.25) is 0 Å². The highest BCUT2D eigenvalue weighted by atomic mass is 19.1. The highest BCUT2D eigenvalue weighted by Crippen LogP contribution is 2.39. The normalized spacial score (nSPS) is 17.6. The van der Waals surface area contributed by atoms with Gasteiger partial charge in [0.2, 0.25) is 0 Å². The van der Waals surface area contributed by atoms with Gasteiger partial charge in [0, 0.05) is 0 Å². The number of hydrogen-bond donors (Lipinski definition) is 1. The van der Waals surface area contributed by atoms with E-state index in [1.54, 1.807) is 6.07 Å². The summed E-state index contributed by atoms with van der Waals surface area (Å²) in [6, 6.07) is 14.4. The van der Waals surface area contributed by atoms with E-state index in [0.717, 1.165) is 42.4 Å². The summed E-state index contributed by atoms with van der Waals surface area (Å²) < 4.78 is 13.3. The van der Waals surface area contributed by atoms with Crippen LogP contribution in [0.15, 0.2) is 48.5 Å². The first kappa shape index (κ1) is 12.4. The average Bonchev–Trinajstić information content (AvgIpc) is 2.87. The zero-order valence-electron chi connectivity index (χ0n) is 10.8. The molecule has 19 heavy (non-hydrogen) atoms. The molecule has 0 amide bonds. The van der Waals surface area contributed by atoms with E-state index in [4.69, 9.17) is 0 Å². The largest absolute Gasteiger partial charge is 0.385 e. The van der Waals surface area contributed by atoms with Crippen molar-refractivity contribution in [2.75, 3.05) is 0 Å². The smallest absolute Gasteiger partial charge is 0.123 e. The second-order valence-corrected chi connectivity index (χ2v) is 5.33. The van der Waals surface area contributed by atoms with Crippen molar-refractivity contribution in [1.82, 2.24) is 0 Å². The van der Waals surface area contributed by atoms with E-state index in [-0.39, 0.29) is 5.82 Å². The van der Waals surface area contributed by atoms with Crippen molar-refractivity contribution in [3.8, 4) is 11.1 Å². The molecule has 1 fully saturated rings. The van der Waals surface area contributed by atoms with E-state index in [1.807, 2.05) is 30.3 Å². The van der Waals surface area contributed by atoms with Crippen LogP contribution in [0.4, 0.5) is 4.39 Å². The zero-order chi connectivity index (χ0) is 13.3. The molecular weight excluding hydrogens is 239 g/mol. The number of halogens is 1. The zero-order valence-corrected chi connectivity index (χ0v) is 10.8. The fourth-order valence-corrected chi connectivity index (χ4v) is 2.90. The van der Waals surface area contributed by atoms with Gasteiger partial charge in [0.1, 0.15) is 5.82 Å². The Morgan fingerprint density at radius 2 is 1.53 bits per heavy atom. The molecule has 0 heterocycles. The van der Waals surface area contributed by atoms with Crippen LogP contribution in [0.3, 0.4) is 0 Å². The Morgan fingerprint density at radius 1 is 0.895 bits per heavy atom. The third kappa shape index (κ3) is 2.41. The molecule has 0 aromatic heterocycles. The minimum atomic E-state index is -0.691. The fraction of sp³-hybridized carbons (Fsp3) is 0.294. The van der Waals surface area contributed by atoms with Crippen molar-refractivity contribution in [3.63, 3.8) is 0 Å². The third-order valence-corrected chi connectivity index (χ3v) is 3.99. The van der Waals surface area contributed by atoms with Gasteiger partial charge in [0.25, 0.3) is 0 Å². The summed E-state index contributed by atoms with van der Waals surface area (Å²) in [6.07, 6.45) is 3.78. The van der Waals surface area contributed by atoms with Crippen LogP contribution in [-0.4, -0.2) is 5.11 Å². The highest BCUT2D eigenvalue weighted by molar-refractivity contribution is 5.64. The molecule has 0 atom stereocenters. The molecule has 1 aliphatic rings. The van der Waals surface area contributed by atoms with Gasteiger partial charge in [0.05, 0.1) is 5.60 Å². The third-order valence-electron chi connectivity index (χ3n) is 3.99. The maximum atomic E-state index is 13.3. The fourth-order valence-electron chi connectivity index (χ4n) is 2.90. The summed E-state index contributed by atoms with van der Waals surface area (Å²) in [5.41, 5.74) is 2.07. The molecule has 0 aliphatic heterocycles. The molecule has 0 unspecified atom stereocenters. The highest BCUT2D eigenvalue weighted by Gasteiger charge is 2.32. The van der Waals surface area contributed by atoms with Crippen LogP contribution in [0, 0.1) is 5.82 Å². The van der Waals surface area contributed by atoms with E-state index < -0.39 is 5.60 Å². The number of hydrogen-bond acceptors (Lipinski definition) is 1. The van der Waals surface area contributed by atoms with Crippen LogP contribution < -0.4 is 0 Å². The maximum absolute atomic E-state index is 13.3. The molecule has 1 saturated carbocycles. The lowest BCUT2D eigenvalue weighted by Crippen LogP contribution is -2.20. The van der Waals surface area contributed by atoms with Crippen LogP contribution >= 0.6 is 0 Å². The molecule has 0 spiro atoms. The first-order valence-electron chi connectivity index (χ1n) is 6.76. The molecule has 98 valence electrons. The first-order valence-corrected chi connectivity index (χ1v) is 6.76. The van der Waals surface area contributed by atoms with Gasteiger partial charge in [-0.2, -0.15) is 0 Å². The lowest BCUT2D eigenvalue weighted by Gasteiger charge is -2.23. The Labute approximate surface area is 112 Å². The molecule has 1 N–H and O–H groups in total. The summed E-state index contributed by atoms with van der Waals surface area (Å²) in [7, 11) is 0. The Balaban J connectivity index is 2.00. The maximum Gasteiger partial charge on any atom is 0.123 e. The minimum absolute atomic E-state index is 0.234. The molecule has 1 aliphatic carbocycles. The second-order valence-electron chi connectivity index (χ2n) is 5.33. The molecule has 2 heteroatoms. The van der Waals surface area contributed by atoms with E-state index in [9.17, 15) is 9.50 Å². The van der Waals surface area contributed by atoms with Gasteiger partial charge < -0.3 is 5.11 Å². The SMILES string of the molecule is OC1(c2cccc(-c3cccc(F)c3)c2)CCCC1. The minimum Gasteiger partial charge on any atom is -0.385 e. The van der Waals surface area contributed by atoms with Crippen molar-refractivity contribution >= 4 is 0 Å². The summed E-state index contributed by atoms with van der Waals surface area (Å²) in [6.45, 7) is 0. The van der Waals surface area contributed by atoms with Gasteiger partial charge in [-0.25, -0.2) is 4.39 Å². The monoisotopic (exact) mass is 256 g/mol. The van der Waals surface area contributed by atoms with Crippen LogP contribution in [0.5, 0.6) is 0 Å². The molecule has 0 saturated heterocycles. The van der Waals surface area contributed by atoms with Gasteiger partial charge in [0.15, 0.2) is 0 Å².